The summed E-state index contributed by atoms with van der Waals surface area (Å²) in [5.41, 5.74) is 0.106. The number of nitrogens with zero attached hydrogens (tertiary/aromatic N) is 3. The number of carbonyl (C=O) groups is 1. The minimum atomic E-state index is -0.576. The summed E-state index contributed by atoms with van der Waals surface area (Å²) in [6.07, 6.45) is 3.73. The van der Waals surface area contributed by atoms with E-state index in [1.165, 1.54) is 25.3 Å². The zero-order chi connectivity index (χ0) is 18.4. The molecule has 1 aliphatic rings. The van der Waals surface area contributed by atoms with E-state index in [1.54, 1.807) is 6.20 Å². The number of carbonyl (C=O) groups excluding carboxylic acids is 1. The SMILES string of the molecule is COc1cc([N+](=O)[O-])ccc1NC(=O)/C(C#N)=C\N1CCCC(C)C1. The molecule has 1 heterocycles. The van der Waals surface area contributed by atoms with Crippen LogP contribution in [-0.4, -0.2) is 35.9 Å². The molecule has 0 spiro atoms. The van der Waals surface area contributed by atoms with Crippen molar-refractivity contribution in [2.45, 2.75) is 19.8 Å². The van der Waals surface area contributed by atoms with Crippen molar-refractivity contribution in [2.75, 3.05) is 25.5 Å². The molecule has 1 aromatic carbocycles. The molecule has 132 valence electrons. The number of rotatable bonds is 5. The van der Waals surface area contributed by atoms with Crippen molar-refractivity contribution < 1.29 is 14.5 Å². The van der Waals surface area contributed by atoms with Crippen LogP contribution in [0.1, 0.15) is 19.8 Å². The number of likely N-dealkylation sites (tertiary alicyclic amines) is 1. The molecule has 0 saturated carbocycles. The number of ether oxygens (including phenoxy) is 1. The first-order valence-corrected chi connectivity index (χ1v) is 7.94. The summed E-state index contributed by atoms with van der Waals surface area (Å²) in [5.74, 6) is 0.0992. The van der Waals surface area contributed by atoms with Gasteiger partial charge in [-0.25, -0.2) is 0 Å². The van der Waals surface area contributed by atoms with Crippen LogP contribution < -0.4 is 10.1 Å². The summed E-state index contributed by atoms with van der Waals surface area (Å²) in [7, 11) is 1.35. The molecular formula is C17H20N4O4. The molecule has 1 aromatic rings. The highest BCUT2D eigenvalue weighted by molar-refractivity contribution is 6.07. The minimum absolute atomic E-state index is 0.0190. The van der Waals surface area contributed by atoms with E-state index in [9.17, 15) is 20.2 Å². The van der Waals surface area contributed by atoms with Gasteiger partial charge in [-0.05, 0) is 24.8 Å². The second kappa shape index (κ2) is 8.15. The molecule has 8 nitrogen and oxygen atoms in total. The largest absolute Gasteiger partial charge is 0.494 e. The van der Waals surface area contributed by atoms with Gasteiger partial charge in [0.25, 0.3) is 11.6 Å². The average Bonchev–Trinajstić information content (AvgIpc) is 2.59. The first-order chi connectivity index (χ1) is 11.9. The molecule has 0 radical (unpaired) electrons. The number of hydrogen-bond donors (Lipinski definition) is 1. The Kier molecular flexibility index (Phi) is 5.95. The molecule has 2 rings (SSSR count). The summed E-state index contributed by atoms with van der Waals surface area (Å²) >= 11 is 0. The normalized spacial score (nSPS) is 17.6. The van der Waals surface area contributed by atoms with E-state index in [-0.39, 0.29) is 22.7 Å². The maximum Gasteiger partial charge on any atom is 0.273 e. The Morgan fingerprint density at radius 3 is 2.92 bits per heavy atom. The van der Waals surface area contributed by atoms with Gasteiger partial charge in [-0.2, -0.15) is 5.26 Å². The molecule has 0 aromatic heterocycles. The highest BCUT2D eigenvalue weighted by atomic mass is 16.6. The zero-order valence-corrected chi connectivity index (χ0v) is 14.2. The van der Waals surface area contributed by atoms with Crippen molar-refractivity contribution in [3.8, 4) is 11.8 Å². The molecule has 1 amide bonds. The molecule has 1 unspecified atom stereocenters. The molecule has 0 bridgehead atoms. The number of nitro benzene ring substituents is 1. The van der Waals surface area contributed by atoms with E-state index in [4.69, 9.17) is 4.74 Å². The third-order valence-electron chi connectivity index (χ3n) is 4.01. The third-order valence-corrected chi connectivity index (χ3v) is 4.01. The second-order valence-electron chi connectivity index (χ2n) is 5.99. The number of benzene rings is 1. The van der Waals surface area contributed by atoms with Gasteiger partial charge in [0.1, 0.15) is 17.4 Å². The number of non-ortho nitro benzene ring substituents is 1. The van der Waals surface area contributed by atoms with Gasteiger partial charge in [-0.3, -0.25) is 14.9 Å². The Balaban J connectivity index is 2.17. The van der Waals surface area contributed by atoms with E-state index in [0.29, 0.717) is 5.92 Å². The van der Waals surface area contributed by atoms with Crippen molar-refractivity contribution in [3.63, 3.8) is 0 Å². The fourth-order valence-corrected chi connectivity index (χ4v) is 2.75. The lowest BCUT2D eigenvalue weighted by Gasteiger charge is -2.29. The molecule has 0 aliphatic carbocycles. The maximum atomic E-state index is 12.4. The first-order valence-electron chi connectivity index (χ1n) is 7.94. The number of anilines is 1. The second-order valence-corrected chi connectivity index (χ2v) is 5.99. The monoisotopic (exact) mass is 344 g/mol. The number of piperidine rings is 1. The number of nitrogens with one attached hydrogen (secondary N) is 1. The molecule has 1 atom stereocenters. The Hall–Kier alpha value is -3.08. The van der Waals surface area contributed by atoms with E-state index in [1.807, 2.05) is 11.0 Å². The van der Waals surface area contributed by atoms with Crippen LogP contribution in [0.15, 0.2) is 30.0 Å². The number of nitriles is 1. The topological polar surface area (TPSA) is 108 Å². The van der Waals surface area contributed by atoms with Gasteiger partial charge in [0.15, 0.2) is 0 Å². The van der Waals surface area contributed by atoms with E-state index in [2.05, 4.69) is 12.2 Å². The fourth-order valence-electron chi connectivity index (χ4n) is 2.75. The Labute approximate surface area is 145 Å². The van der Waals surface area contributed by atoms with E-state index >= 15 is 0 Å². The number of methoxy groups -OCH3 is 1. The van der Waals surface area contributed by atoms with Crippen LogP contribution in [0.25, 0.3) is 0 Å². The lowest BCUT2D eigenvalue weighted by molar-refractivity contribution is -0.384. The molecular weight excluding hydrogens is 324 g/mol. The smallest absolute Gasteiger partial charge is 0.273 e. The zero-order valence-electron chi connectivity index (χ0n) is 14.2. The van der Waals surface area contributed by atoms with Crippen LogP contribution >= 0.6 is 0 Å². The molecule has 1 N–H and O–H groups in total. The lowest BCUT2D eigenvalue weighted by Crippen LogP contribution is -2.31. The standard InChI is InChI=1S/C17H20N4O4/c1-12-4-3-7-20(10-12)11-13(9-18)17(22)19-15-6-5-14(21(23)24)8-16(15)25-2/h5-6,8,11-12H,3-4,7,10H2,1-2H3,(H,19,22)/b13-11-. The fraction of sp³-hybridized carbons (Fsp3) is 0.412. The van der Waals surface area contributed by atoms with Gasteiger partial charge in [0, 0.05) is 25.4 Å². The van der Waals surface area contributed by atoms with Gasteiger partial charge in [0.2, 0.25) is 0 Å². The van der Waals surface area contributed by atoms with Crippen LogP contribution in [-0.2, 0) is 4.79 Å². The quantitative estimate of drug-likeness (QED) is 0.381. The van der Waals surface area contributed by atoms with Crippen molar-refractivity contribution in [1.82, 2.24) is 4.90 Å². The minimum Gasteiger partial charge on any atom is -0.494 e. The number of hydrogen-bond acceptors (Lipinski definition) is 6. The van der Waals surface area contributed by atoms with E-state index in [0.717, 1.165) is 25.9 Å². The summed E-state index contributed by atoms with van der Waals surface area (Å²) < 4.78 is 5.08. The van der Waals surface area contributed by atoms with Crippen LogP contribution in [0.4, 0.5) is 11.4 Å². The van der Waals surface area contributed by atoms with Crippen LogP contribution in [0, 0.1) is 27.4 Å². The first kappa shape index (κ1) is 18.3. The average molecular weight is 344 g/mol. The van der Waals surface area contributed by atoms with Crippen molar-refractivity contribution in [1.29, 1.82) is 5.26 Å². The molecule has 1 fully saturated rings. The number of nitro groups is 1. The van der Waals surface area contributed by atoms with Gasteiger partial charge in [0.05, 0.1) is 23.8 Å². The van der Waals surface area contributed by atoms with Crippen molar-refractivity contribution in [2.24, 2.45) is 5.92 Å². The maximum absolute atomic E-state index is 12.4. The van der Waals surface area contributed by atoms with Crippen LogP contribution in [0.5, 0.6) is 5.75 Å². The van der Waals surface area contributed by atoms with Crippen LogP contribution in [0.3, 0.4) is 0 Å². The highest BCUT2D eigenvalue weighted by Crippen LogP contribution is 2.29. The highest BCUT2D eigenvalue weighted by Gasteiger charge is 2.19. The molecule has 8 heteroatoms. The van der Waals surface area contributed by atoms with E-state index < -0.39 is 10.8 Å². The predicted molar refractivity (Wildman–Crippen MR) is 91.9 cm³/mol. The summed E-state index contributed by atoms with van der Waals surface area (Å²) in [6.45, 7) is 3.75. The van der Waals surface area contributed by atoms with Crippen LogP contribution in [0.2, 0.25) is 0 Å². The number of amides is 1. The molecule has 25 heavy (non-hydrogen) atoms. The van der Waals surface area contributed by atoms with Gasteiger partial charge >= 0.3 is 0 Å². The van der Waals surface area contributed by atoms with Crippen molar-refractivity contribution >= 4 is 17.3 Å². The molecule has 1 aliphatic heterocycles. The van der Waals surface area contributed by atoms with Crippen molar-refractivity contribution in [3.05, 3.63) is 40.1 Å². The summed E-state index contributed by atoms with van der Waals surface area (Å²) in [4.78, 5) is 24.6. The van der Waals surface area contributed by atoms with Gasteiger partial charge in [-0.1, -0.05) is 6.92 Å². The van der Waals surface area contributed by atoms with Gasteiger partial charge < -0.3 is 15.0 Å². The Morgan fingerprint density at radius 2 is 2.32 bits per heavy atom. The summed E-state index contributed by atoms with van der Waals surface area (Å²) in [5, 5.41) is 22.7. The lowest BCUT2D eigenvalue weighted by atomic mass is 10.0. The Morgan fingerprint density at radius 1 is 1.56 bits per heavy atom. The predicted octanol–water partition coefficient (Wildman–Crippen LogP) is 2.68. The molecule has 1 saturated heterocycles. The third kappa shape index (κ3) is 4.70. The summed E-state index contributed by atoms with van der Waals surface area (Å²) in [6, 6.07) is 5.78. The Bertz CT molecular complexity index is 739. The van der Waals surface area contributed by atoms with Gasteiger partial charge in [-0.15, -0.1) is 0 Å².